The van der Waals surface area contributed by atoms with E-state index < -0.39 is 39.1 Å². The minimum absolute atomic E-state index is 0.428. The number of carbonyl (C=O) groups excluding carboxylic acids is 1. The van der Waals surface area contributed by atoms with Crippen LogP contribution in [-0.4, -0.2) is 26.5 Å². The van der Waals surface area contributed by atoms with Gasteiger partial charge in [0, 0.05) is 6.07 Å². The van der Waals surface area contributed by atoms with E-state index in [-0.39, 0.29) is 0 Å². The largest absolute Gasteiger partial charge is 0.279 e. The zero-order chi connectivity index (χ0) is 13.2. The molecule has 0 saturated heterocycles. The summed E-state index contributed by atoms with van der Waals surface area (Å²) in [5.74, 6) is -1.94. The number of nitrogens with zero attached hydrogens (tertiary/aromatic N) is 1. The van der Waals surface area contributed by atoms with Gasteiger partial charge in [-0.1, -0.05) is 0 Å². The summed E-state index contributed by atoms with van der Waals surface area (Å²) in [7, 11) is -3.88. The molecule has 0 unspecified atom stereocenters. The average Bonchev–Trinajstić information content (AvgIpc) is 2.13. The maximum absolute atomic E-state index is 13.4. The minimum atomic E-state index is -3.88. The van der Waals surface area contributed by atoms with Gasteiger partial charge in [-0.25, -0.2) is 17.2 Å². The van der Waals surface area contributed by atoms with E-state index in [4.69, 9.17) is 11.6 Å². The number of hydrogen-bond acceptors (Lipinski definition) is 3. The van der Waals surface area contributed by atoms with E-state index >= 15 is 0 Å². The topological polar surface area (TPSA) is 54.5 Å². The van der Waals surface area contributed by atoms with Gasteiger partial charge in [0.05, 0.1) is 11.9 Å². The van der Waals surface area contributed by atoms with Crippen molar-refractivity contribution in [2.24, 2.45) is 0 Å². The summed E-state index contributed by atoms with van der Waals surface area (Å²) >= 11 is 5.07. The lowest BCUT2D eigenvalue weighted by molar-refractivity contribution is -0.110. The number of anilines is 1. The maximum Gasteiger partial charge on any atom is 0.242 e. The second kappa shape index (κ2) is 4.97. The van der Waals surface area contributed by atoms with Crippen molar-refractivity contribution in [2.45, 2.75) is 0 Å². The number of hydrogen-bond donors (Lipinski definition) is 0. The Balaban J connectivity index is 3.27. The van der Waals surface area contributed by atoms with E-state index in [2.05, 4.69) is 0 Å². The second-order valence-electron chi connectivity index (χ2n) is 3.22. The number of halogens is 3. The van der Waals surface area contributed by atoms with Crippen molar-refractivity contribution in [3.8, 4) is 0 Å². The minimum Gasteiger partial charge on any atom is -0.279 e. The third-order valence-electron chi connectivity index (χ3n) is 1.85. The fourth-order valence-electron chi connectivity index (χ4n) is 1.18. The Labute approximate surface area is 102 Å². The summed E-state index contributed by atoms with van der Waals surface area (Å²) in [6.45, 7) is -0.719. The van der Waals surface area contributed by atoms with Crippen molar-refractivity contribution in [1.29, 1.82) is 0 Å². The zero-order valence-corrected chi connectivity index (χ0v) is 10.2. The molecule has 0 saturated carbocycles. The van der Waals surface area contributed by atoms with Crippen LogP contribution in [0.5, 0.6) is 0 Å². The van der Waals surface area contributed by atoms with Crippen LogP contribution in [0, 0.1) is 11.6 Å². The van der Waals surface area contributed by atoms with Crippen molar-refractivity contribution in [2.75, 3.05) is 17.1 Å². The summed E-state index contributed by atoms with van der Waals surface area (Å²) < 4.78 is 49.2. The fourth-order valence-corrected chi connectivity index (χ4v) is 2.23. The smallest absolute Gasteiger partial charge is 0.242 e. The Kier molecular flexibility index (Phi) is 4.05. The highest BCUT2D eigenvalue weighted by atomic mass is 35.5. The molecular formula is C9H8ClF2NO3S. The molecule has 1 aromatic carbocycles. The summed E-state index contributed by atoms with van der Waals surface area (Å²) in [4.78, 5) is 10.7. The Morgan fingerprint density at radius 2 is 2.00 bits per heavy atom. The Bertz CT molecular complexity index is 547. The Hall–Kier alpha value is -1.21. The molecule has 0 amide bonds. The van der Waals surface area contributed by atoms with Crippen molar-refractivity contribution in [3.63, 3.8) is 0 Å². The Morgan fingerprint density at radius 3 is 2.41 bits per heavy atom. The van der Waals surface area contributed by atoms with Crippen molar-refractivity contribution in [3.05, 3.63) is 29.8 Å². The molecule has 0 spiro atoms. The van der Waals surface area contributed by atoms with E-state index in [0.717, 1.165) is 18.4 Å². The van der Waals surface area contributed by atoms with Gasteiger partial charge in [-0.05, 0) is 23.7 Å². The number of benzene rings is 1. The summed E-state index contributed by atoms with van der Waals surface area (Å²) in [6.07, 6.45) is 0.787. The number of carbonyl (C=O) groups is 1. The van der Waals surface area contributed by atoms with Crippen LogP contribution in [0.25, 0.3) is 0 Å². The molecule has 94 valence electrons. The summed E-state index contributed by atoms with van der Waals surface area (Å²) in [5, 5.41) is -0.973. The van der Waals surface area contributed by atoms with E-state index in [1.54, 1.807) is 0 Å². The average molecular weight is 284 g/mol. The van der Waals surface area contributed by atoms with Crippen LogP contribution >= 0.6 is 11.6 Å². The molecule has 0 fully saturated rings. The van der Waals surface area contributed by atoms with Crippen LogP contribution < -0.4 is 4.31 Å². The van der Waals surface area contributed by atoms with Crippen LogP contribution in [0.3, 0.4) is 0 Å². The third-order valence-corrected chi connectivity index (χ3v) is 3.09. The fraction of sp³-hybridized carbons (Fsp3) is 0.222. The highest BCUT2D eigenvalue weighted by Crippen LogP contribution is 2.22. The molecule has 17 heavy (non-hydrogen) atoms. The molecule has 4 nitrogen and oxygen atoms in total. The quantitative estimate of drug-likeness (QED) is 0.787. The lowest BCUT2D eigenvalue weighted by atomic mass is 10.3. The van der Waals surface area contributed by atoms with Crippen LogP contribution in [0.1, 0.15) is 0 Å². The van der Waals surface area contributed by atoms with Gasteiger partial charge in [0.15, 0.2) is 0 Å². The predicted octanol–water partition coefficient (Wildman–Crippen LogP) is 1.50. The van der Waals surface area contributed by atoms with Crippen molar-refractivity contribution < 1.29 is 22.0 Å². The number of sulfonamides is 1. The molecule has 0 aliphatic carbocycles. The van der Waals surface area contributed by atoms with Crippen LogP contribution in [0.4, 0.5) is 14.5 Å². The van der Waals surface area contributed by atoms with E-state index in [1.165, 1.54) is 0 Å². The van der Waals surface area contributed by atoms with Gasteiger partial charge < -0.3 is 0 Å². The van der Waals surface area contributed by atoms with Crippen LogP contribution in [-0.2, 0) is 14.8 Å². The van der Waals surface area contributed by atoms with Gasteiger partial charge in [0.25, 0.3) is 0 Å². The highest BCUT2D eigenvalue weighted by Gasteiger charge is 2.23. The molecule has 0 heterocycles. The molecule has 0 radical (unpaired) electrons. The molecule has 0 aliphatic heterocycles. The van der Waals surface area contributed by atoms with Gasteiger partial charge in [0.2, 0.25) is 15.3 Å². The van der Waals surface area contributed by atoms with Gasteiger partial charge in [-0.3, -0.25) is 9.10 Å². The monoisotopic (exact) mass is 283 g/mol. The Morgan fingerprint density at radius 1 is 1.41 bits per heavy atom. The first-order chi connectivity index (χ1) is 7.71. The van der Waals surface area contributed by atoms with Crippen LogP contribution in [0.2, 0.25) is 0 Å². The van der Waals surface area contributed by atoms with Crippen molar-refractivity contribution in [1.82, 2.24) is 0 Å². The van der Waals surface area contributed by atoms with Crippen LogP contribution in [0.15, 0.2) is 18.2 Å². The molecule has 0 bridgehead atoms. The molecule has 0 aliphatic rings. The van der Waals surface area contributed by atoms with Gasteiger partial charge in [-0.2, -0.15) is 0 Å². The van der Waals surface area contributed by atoms with E-state index in [0.29, 0.717) is 10.4 Å². The maximum atomic E-state index is 13.4. The normalized spacial score (nSPS) is 11.3. The molecule has 0 N–H and O–H groups in total. The first kappa shape index (κ1) is 13.9. The van der Waals surface area contributed by atoms with Gasteiger partial charge in [0.1, 0.15) is 18.2 Å². The van der Waals surface area contributed by atoms with E-state index in [9.17, 15) is 22.0 Å². The highest BCUT2D eigenvalue weighted by molar-refractivity contribution is 7.92. The summed E-state index contributed by atoms with van der Waals surface area (Å²) in [5.41, 5.74) is -0.428. The lowest BCUT2D eigenvalue weighted by Gasteiger charge is -2.20. The lowest BCUT2D eigenvalue weighted by Crippen LogP contribution is -2.34. The molecule has 0 aromatic heterocycles. The third kappa shape index (κ3) is 3.64. The molecular weight excluding hydrogens is 276 g/mol. The SMILES string of the molecule is CS(=O)(=O)N(CC(=O)Cl)c1ccc(F)cc1F. The molecule has 0 atom stereocenters. The first-order valence-corrected chi connectivity index (χ1v) is 6.55. The van der Waals surface area contributed by atoms with E-state index in [1.807, 2.05) is 0 Å². The molecule has 8 heteroatoms. The molecule has 1 rings (SSSR count). The summed E-state index contributed by atoms with van der Waals surface area (Å²) in [6, 6.07) is 2.33. The second-order valence-corrected chi connectivity index (χ2v) is 5.55. The first-order valence-electron chi connectivity index (χ1n) is 4.33. The number of rotatable bonds is 4. The molecule has 1 aromatic rings. The van der Waals surface area contributed by atoms with Crippen molar-refractivity contribution >= 4 is 32.6 Å². The van der Waals surface area contributed by atoms with Gasteiger partial charge >= 0.3 is 0 Å². The zero-order valence-electron chi connectivity index (χ0n) is 8.65. The predicted molar refractivity (Wildman–Crippen MR) is 59.4 cm³/mol. The standard InChI is InChI=1S/C9H8ClF2NO3S/c1-17(15,16)13(5-9(10)14)8-3-2-6(11)4-7(8)12/h2-4H,5H2,1H3. The van der Waals surface area contributed by atoms with Gasteiger partial charge in [-0.15, -0.1) is 0 Å².